The normalized spacial score (nSPS) is 18.3. The number of H-pyrrole nitrogens is 1. The van der Waals surface area contributed by atoms with E-state index in [0.717, 1.165) is 11.2 Å². The van der Waals surface area contributed by atoms with Crippen molar-refractivity contribution >= 4 is 28.4 Å². The predicted octanol–water partition coefficient (Wildman–Crippen LogP) is 5.18. The number of anilines is 2. The summed E-state index contributed by atoms with van der Waals surface area (Å²) in [6.45, 7) is 0. The van der Waals surface area contributed by atoms with E-state index in [1.165, 1.54) is 50.7 Å². The maximum absolute atomic E-state index is 13.5. The third-order valence-electron chi connectivity index (χ3n) is 6.23. The standard InChI is InChI=1S/C21H22FN5O/c22-14-1-2-16-15(9-14)18(11-23-16)26-20(28)27-19-12-24-17(10-25-19)13-3-5-21(6-4-13)7-8-21/h1-2,9-13,23H,3-8H2,(H2,25,26,27,28). The number of nitrogens with one attached hydrogen (secondary N) is 3. The van der Waals surface area contributed by atoms with Crippen LogP contribution in [0, 0.1) is 11.2 Å². The van der Waals surface area contributed by atoms with Crippen molar-refractivity contribution in [2.75, 3.05) is 10.6 Å². The van der Waals surface area contributed by atoms with Crippen LogP contribution in [0.15, 0.2) is 36.8 Å². The fraction of sp³-hybridized carbons (Fsp3) is 0.381. The molecule has 2 heterocycles. The second-order valence-electron chi connectivity index (χ2n) is 8.07. The molecule has 0 unspecified atom stereocenters. The summed E-state index contributed by atoms with van der Waals surface area (Å²) >= 11 is 0. The Morgan fingerprint density at radius 2 is 1.93 bits per heavy atom. The van der Waals surface area contributed by atoms with Crippen LogP contribution in [-0.4, -0.2) is 21.0 Å². The zero-order valence-corrected chi connectivity index (χ0v) is 15.5. The van der Waals surface area contributed by atoms with Crippen molar-refractivity contribution in [2.24, 2.45) is 5.41 Å². The van der Waals surface area contributed by atoms with Gasteiger partial charge < -0.3 is 10.3 Å². The van der Waals surface area contributed by atoms with Crippen LogP contribution in [0.1, 0.15) is 50.1 Å². The lowest BCUT2D eigenvalue weighted by Gasteiger charge is -2.27. The fourth-order valence-electron chi connectivity index (χ4n) is 4.28. The predicted molar refractivity (Wildman–Crippen MR) is 106 cm³/mol. The van der Waals surface area contributed by atoms with Crippen LogP contribution < -0.4 is 10.6 Å². The van der Waals surface area contributed by atoms with Gasteiger partial charge in [0, 0.05) is 23.0 Å². The number of rotatable bonds is 3. The molecular weight excluding hydrogens is 357 g/mol. The Hall–Kier alpha value is -2.96. The average Bonchev–Trinajstić information content (AvgIpc) is 3.34. The van der Waals surface area contributed by atoms with Gasteiger partial charge in [-0.3, -0.25) is 10.3 Å². The van der Waals surface area contributed by atoms with Gasteiger partial charge in [-0.05, 0) is 62.1 Å². The zero-order chi connectivity index (χ0) is 19.1. The maximum Gasteiger partial charge on any atom is 0.324 e. The summed E-state index contributed by atoms with van der Waals surface area (Å²) in [4.78, 5) is 24.1. The summed E-state index contributed by atoms with van der Waals surface area (Å²) in [6.07, 6.45) is 12.8. The minimum Gasteiger partial charge on any atom is -0.359 e. The van der Waals surface area contributed by atoms with E-state index in [4.69, 9.17) is 0 Å². The summed E-state index contributed by atoms with van der Waals surface area (Å²) in [5.74, 6) is 0.511. The number of carbonyl (C=O) groups is 1. The molecule has 3 aromatic rings. The number of benzene rings is 1. The molecule has 2 aliphatic rings. The molecule has 7 heteroatoms. The van der Waals surface area contributed by atoms with E-state index in [-0.39, 0.29) is 5.82 Å². The van der Waals surface area contributed by atoms with Gasteiger partial charge >= 0.3 is 6.03 Å². The van der Waals surface area contributed by atoms with Gasteiger partial charge in [-0.1, -0.05) is 0 Å². The molecule has 0 bridgehead atoms. The smallest absolute Gasteiger partial charge is 0.324 e. The van der Waals surface area contributed by atoms with E-state index in [1.54, 1.807) is 24.7 Å². The van der Waals surface area contributed by atoms with Crippen molar-refractivity contribution in [2.45, 2.75) is 44.4 Å². The zero-order valence-electron chi connectivity index (χ0n) is 15.5. The molecule has 0 radical (unpaired) electrons. The average molecular weight is 379 g/mol. The first-order valence-corrected chi connectivity index (χ1v) is 9.77. The number of carbonyl (C=O) groups excluding carboxylic acids is 1. The third-order valence-corrected chi connectivity index (χ3v) is 6.23. The highest BCUT2D eigenvalue weighted by molar-refractivity contribution is 6.05. The number of urea groups is 1. The van der Waals surface area contributed by atoms with Crippen molar-refractivity contribution in [1.82, 2.24) is 15.0 Å². The molecular formula is C21H22FN5O. The number of hydrogen-bond donors (Lipinski definition) is 3. The van der Waals surface area contributed by atoms with Gasteiger partial charge in [0.15, 0.2) is 5.82 Å². The van der Waals surface area contributed by atoms with Crippen LogP contribution in [-0.2, 0) is 0 Å². The monoisotopic (exact) mass is 379 g/mol. The van der Waals surface area contributed by atoms with Crippen LogP contribution in [0.3, 0.4) is 0 Å². The first-order chi connectivity index (χ1) is 13.6. The van der Waals surface area contributed by atoms with Crippen molar-refractivity contribution in [3.8, 4) is 0 Å². The van der Waals surface area contributed by atoms with Gasteiger partial charge in [0.25, 0.3) is 0 Å². The molecule has 1 spiro atoms. The maximum atomic E-state index is 13.5. The van der Waals surface area contributed by atoms with Crippen molar-refractivity contribution in [1.29, 1.82) is 0 Å². The van der Waals surface area contributed by atoms with Gasteiger partial charge in [0.1, 0.15) is 5.82 Å². The number of nitrogens with zero attached hydrogens (tertiary/aromatic N) is 2. The van der Waals surface area contributed by atoms with Crippen LogP contribution in [0.25, 0.3) is 10.9 Å². The number of aromatic nitrogens is 3. The van der Waals surface area contributed by atoms with Crippen LogP contribution in [0.5, 0.6) is 0 Å². The quantitative estimate of drug-likeness (QED) is 0.586. The van der Waals surface area contributed by atoms with E-state index in [2.05, 4.69) is 25.6 Å². The fourth-order valence-corrected chi connectivity index (χ4v) is 4.28. The van der Waals surface area contributed by atoms with Crippen molar-refractivity contribution in [3.63, 3.8) is 0 Å². The van der Waals surface area contributed by atoms with Crippen molar-refractivity contribution < 1.29 is 9.18 Å². The first-order valence-electron chi connectivity index (χ1n) is 9.77. The van der Waals surface area contributed by atoms with E-state index >= 15 is 0 Å². The van der Waals surface area contributed by atoms with E-state index in [9.17, 15) is 9.18 Å². The Morgan fingerprint density at radius 1 is 1.11 bits per heavy atom. The molecule has 0 saturated heterocycles. The molecule has 2 amide bonds. The number of aromatic amines is 1. The van der Waals surface area contributed by atoms with Crippen LogP contribution in [0.4, 0.5) is 20.7 Å². The van der Waals surface area contributed by atoms with Crippen LogP contribution >= 0.6 is 0 Å². The number of halogens is 1. The molecule has 3 N–H and O–H groups in total. The third kappa shape index (κ3) is 3.32. The minimum atomic E-state index is -0.444. The SMILES string of the molecule is O=C(Nc1cnc(C2CCC3(CC2)CC3)cn1)Nc1c[nH]c2ccc(F)cc12. The number of amides is 2. The second-order valence-corrected chi connectivity index (χ2v) is 8.07. The van der Waals surface area contributed by atoms with E-state index < -0.39 is 6.03 Å². The van der Waals surface area contributed by atoms with Crippen molar-refractivity contribution in [3.05, 3.63) is 48.3 Å². The topological polar surface area (TPSA) is 82.7 Å². The molecule has 0 atom stereocenters. The number of hydrogen-bond acceptors (Lipinski definition) is 3. The highest BCUT2D eigenvalue weighted by atomic mass is 19.1. The number of fused-ring (bicyclic) bond motifs is 1. The summed E-state index contributed by atoms with van der Waals surface area (Å²) < 4.78 is 13.5. The van der Waals surface area contributed by atoms with Gasteiger partial charge in [0.2, 0.25) is 0 Å². The lowest BCUT2D eigenvalue weighted by Crippen LogP contribution is -2.20. The molecule has 2 saturated carbocycles. The molecule has 2 aromatic heterocycles. The summed E-state index contributed by atoms with van der Waals surface area (Å²) in [7, 11) is 0. The Labute approximate surface area is 162 Å². The Bertz CT molecular complexity index is 1010. The molecule has 2 aliphatic carbocycles. The molecule has 5 rings (SSSR count). The molecule has 0 aliphatic heterocycles. The Kier molecular flexibility index (Phi) is 4.03. The van der Waals surface area contributed by atoms with Gasteiger partial charge in [-0.2, -0.15) is 0 Å². The van der Waals surface area contributed by atoms with Gasteiger partial charge in [-0.25, -0.2) is 14.2 Å². The highest BCUT2D eigenvalue weighted by Crippen LogP contribution is 2.58. The lowest BCUT2D eigenvalue weighted by molar-refractivity contribution is 0.262. The molecule has 2 fully saturated rings. The largest absolute Gasteiger partial charge is 0.359 e. The minimum absolute atomic E-state index is 0.354. The molecule has 144 valence electrons. The summed E-state index contributed by atoms with van der Waals surface area (Å²) in [6, 6.07) is 3.94. The molecule has 28 heavy (non-hydrogen) atoms. The van der Waals surface area contributed by atoms with Gasteiger partial charge in [0.05, 0.1) is 23.8 Å². The Morgan fingerprint density at radius 3 is 2.64 bits per heavy atom. The Balaban J connectivity index is 1.22. The van der Waals surface area contributed by atoms with E-state index in [1.807, 2.05) is 0 Å². The van der Waals surface area contributed by atoms with E-state index in [0.29, 0.717) is 28.2 Å². The molecule has 6 nitrogen and oxygen atoms in total. The second kappa shape index (κ2) is 6.58. The van der Waals surface area contributed by atoms with Gasteiger partial charge in [-0.15, -0.1) is 0 Å². The first kappa shape index (κ1) is 17.2. The summed E-state index contributed by atoms with van der Waals surface area (Å²) in [5.41, 5.74) is 2.93. The highest BCUT2D eigenvalue weighted by Gasteiger charge is 2.45. The summed E-state index contributed by atoms with van der Waals surface area (Å²) in [5, 5.41) is 6.01. The lowest BCUT2D eigenvalue weighted by atomic mass is 9.78. The van der Waals surface area contributed by atoms with Crippen LogP contribution in [0.2, 0.25) is 0 Å². The molecule has 1 aromatic carbocycles.